The zero-order chi connectivity index (χ0) is 15.1. The summed E-state index contributed by atoms with van der Waals surface area (Å²) >= 11 is 0. The zero-order valence-corrected chi connectivity index (χ0v) is 12.9. The van der Waals surface area contributed by atoms with Crippen LogP contribution < -0.4 is 5.32 Å². The topological polar surface area (TPSA) is 64.6 Å². The molecule has 0 fully saturated rings. The summed E-state index contributed by atoms with van der Waals surface area (Å²) in [4.78, 5) is 22.4. The lowest BCUT2D eigenvalue weighted by atomic mass is 10.2. The summed E-state index contributed by atoms with van der Waals surface area (Å²) in [5.74, 6) is -0.111. The van der Waals surface area contributed by atoms with Crippen molar-refractivity contribution in [3.8, 4) is 0 Å². The Morgan fingerprint density at radius 2 is 1.65 bits per heavy atom. The van der Waals surface area contributed by atoms with Crippen molar-refractivity contribution >= 4 is 12.1 Å². The normalized spacial score (nSPS) is 10.1. The predicted octanol–water partition coefficient (Wildman–Crippen LogP) is 3.42. The number of hydrogen-bond donors (Lipinski definition) is 1. The zero-order valence-electron chi connectivity index (χ0n) is 12.9. The van der Waals surface area contributed by atoms with Crippen LogP contribution in [-0.4, -0.2) is 31.8 Å². The molecule has 0 saturated carbocycles. The SMILES string of the molecule is CCCCCCOC(=O)CCCCCNC(=O)OCC. The lowest BCUT2D eigenvalue weighted by molar-refractivity contribution is -0.143. The van der Waals surface area contributed by atoms with Gasteiger partial charge in [0.05, 0.1) is 13.2 Å². The van der Waals surface area contributed by atoms with Crippen LogP contribution in [0.4, 0.5) is 4.79 Å². The molecular formula is C15H29NO4. The number of alkyl carbamates (subject to hydrolysis) is 1. The van der Waals surface area contributed by atoms with E-state index in [9.17, 15) is 9.59 Å². The molecule has 0 saturated heterocycles. The summed E-state index contributed by atoms with van der Waals surface area (Å²) in [5.41, 5.74) is 0. The largest absolute Gasteiger partial charge is 0.466 e. The van der Waals surface area contributed by atoms with Crippen molar-refractivity contribution in [3.05, 3.63) is 0 Å². The number of nitrogens with one attached hydrogen (secondary N) is 1. The van der Waals surface area contributed by atoms with Crippen molar-refractivity contribution in [1.82, 2.24) is 5.32 Å². The average molecular weight is 287 g/mol. The van der Waals surface area contributed by atoms with Gasteiger partial charge in [-0.1, -0.05) is 32.6 Å². The van der Waals surface area contributed by atoms with Gasteiger partial charge >= 0.3 is 12.1 Å². The first kappa shape index (κ1) is 18.7. The minimum atomic E-state index is -0.376. The minimum absolute atomic E-state index is 0.111. The minimum Gasteiger partial charge on any atom is -0.466 e. The second-order valence-corrected chi connectivity index (χ2v) is 4.74. The maximum Gasteiger partial charge on any atom is 0.407 e. The average Bonchev–Trinajstić information content (AvgIpc) is 2.42. The quantitative estimate of drug-likeness (QED) is 0.441. The molecule has 118 valence electrons. The smallest absolute Gasteiger partial charge is 0.407 e. The second kappa shape index (κ2) is 14.2. The van der Waals surface area contributed by atoms with Crippen molar-refractivity contribution < 1.29 is 19.1 Å². The third kappa shape index (κ3) is 13.2. The molecule has 1 amide bonds. The van der Waals surface area contributed by atoms with Gasteiger partial charge in [0.15, 0.2) is 0 Å². The maximum absolute atomic E-state index is 11.4. The molecule has 5 nitrogen and oxygen atoms in total. The maximum atomic E-state index is 11.4. The summed E-state index contributed by atoms with van der Waals surface area (Å²) < 4.78 is 9.87. The van der Waals surface area contributed by atoms with Gasteiger partial charge in [0.25, 0.3) is 0 Å². The fourth-order valence-electron chi connectivity index (χ4n) is 1.73. The standard InChI is InChI=1S/C15H29NO4/c1-3-5-6-10-13-20-14(17)11-8-7-9-12-16-15(18)19-4-2/h3-13H2,1-2H3,(H,16,18). The highest BCUT2D eigenvalue weighted by Crippen LogP contribution is 2.03. The van der Waals surface area contributed by atoms with E-state index >= 15 is 0 Å². The van der Waals surface area contributed by atoms with Gasteiger partial charge in [0, 0.05) is 13.0 Å². The molecule has 0 aliphatic rings. The molecule has 5 heteroatoms. The first-order chi connectivity index (χ1) is 9.70. The molecule has 0 aromatic heterocycles. The van der Waals surface area contributed by atoms with E-state index < -0.39 is 0 Å². The van der Waals surface area contributed by atoms with Crippen LogP contribution in [0, 0.1) is 0 Å². The number of rotatable bonds is 12. The van der Waals surface area contributed by atoms with Crippen LogP contribution >= 0.6 is 0 Å². The highest BCUT2D eigenvalue weighted by Gasteiger charge is 2.03. The monoisotopic (exact) mass is 287 g/mol. The Hall–Kier alpha value is -1.26. The Kier molecular flexibility index (Phi) is 13.3. The van der Waals surface area contributed by atoms with Crippen LogP contribution in [-0.2, 0) is 14.3 Å². The van der Waals surface area contributed by atoms with Crippen molar-refractivity contribution in [3.63, 3.8) is 0 Å². The van der Waals surface area contributed by atoms with Gasteiger partial charge in [-0.05, 0) is 26.2 Å². The summed E-state index contributed by atoms with van der Waals surface area (Å²) in [7, 11) is 0. The molecule has 0 aliphatic carbocycles. The molecule has 0 radical (unpaired) electrons. The van der Waals surface area contributed by atoms with E-state index in [0.29, 0.717) is 26.2 Å². The highest BCUT2D eigenvalue weighted by atomic mass is 16.5. The number of esters is 1. The second-order valence-electron chi connectivity index (χ2n) is 4.74. The molecule has 0 bridgehead atoms. The molecule has 0 heterocycles. The Labute approximate surface area is 122 Å². The number of carbonyl (C=O) groups excluding carboxylic acids is 2. The molecule has 0 aliphatic heterocycles. The molecule has 0 rings (SSSR count). The molecule has 20 heavy (non-hydrogen) atoms. The predicted molar refractivity (Wildman–Crippen MR) is 78.6 cm³/mol. The van der Waals surface area contributed by atoms with Gasteiger partial charge in [-0.2, -0.15) is 0 Å². The van der Waals surface area contributed by atoms with Gasteiger partial charge in [-0.3, -0.25) is 4.79 Å². The first-order valence-corrected chi connectivity index (χ1v) is 7.77. The van der Waals surface area contributed by atoms with Crippen LogP contribution in [0.25, 0.3) is 0 Å². The van der Waals surface area contributed by atoms with Gasteiger partial charge < -0.3 is 14.8 Å². The lowest BCUT2D eigenvalue weighted by Crippen LogP contribution is -2.25. The van der Waals surface area contributed by atoms with Crippen molar-refractivity contribution in [1.29, 1.82) is 0 Å². The Morgan fingerprint density at radius 1 is 0.900 bits per heavy atom. The third-order valence-electron chi connectivity index (χ3n) is 2.86. The van der Waals surface area contributed by atoms with Gasteiger partial charge in [-0.15, -0.1) is 0 Å². The summed E-state index contributed by atoms with van der Waals surface area (Å²) in [5, 5.41) is 2.65. The van der Waals surface area contributed by atoms with E-state index in [-0.39, 0.29) is 12.1 Å². The van der Waals surface area contributed by atoms with Crippen molar-refractivity contribution in [2.24, 2.45) is 0 Å². The van der Waals surface area contributed by atoms with Crippen LogP contribution in [0.15, 0.2) is 0 Å². The molecule has 0 unspecified atom stereocenters. The van der Waals surface area contributed by atoms with E-state index in [2.05, 4.69) is 12.2 Å². The van der Waals surface area contributed by atoms with E-state index in [1.165, 1.54) is 12.8 Å². The summed E-state index contributed by atoms with van der Waals surface area (Å²) in [6.07, 6.45) is 7.12. The van der Waals surface area contributed by atoms with Crippen LogP contribution in [0.1, 0.15) is 65.2 Å². The van der Waals surface area contributed by atoms with Crippen molar-refractivity contribution in [2.75, 3.05) is 19.8 Å². The fraction of sp³-hybridized carbons (Fsp3) is 0.867. The Bertz CT molecular complexity index is 256. The number of carbonyl (C=O) groups is 2. The number of ether oxygens (including phenoxy) is 2. The Balaban J connectivity index is 3.25. The van der Waals surface area contributed by atoms with Crippen LogP contribution in [0.3, 0.4) is 0 Å². The third-order valence-corrected chi connectivity index (χ3v) is 2.86. The molecule has 0 spiro atoms. The first-order valence-electron chi connectivity index (χ1n) is 7.77. The van der Waals surface area contributed by atoms with E-state index in [1.807, 2.05) is 0 Å². The molecule has 0 atom stereocenters. The van der Waals surface area contributed by atoms with Gasteiger partial charge in [0.1, 0.15) is 0 Å². The number of unbranched alkanes of at least 4 members (excludes halogenated alkanes) is 5. The van der Waals surface area contributed by atoms with Gasteiger partial charge in [0.2, 0.25) is 0 Å². The number of hydrogen-bond acceptors (Lipinski definition) is 4. The summed E-state index contributed by atoms with van der Waals surface area (Å²) in [6.45, 7) is 5.44. The van der Waals surface area contributed by atoms with Crippen molar-refractivity contribution in [2.45, 2.75) is 65.2 Å². The van der Waals surface area contributed by atoms with E-state index in [4.69, 9.17) is 9.47 Å². The lowest BCUT2D eigenvalue weighted by Gasteiger charge is -2.06. The van der Waals surface area contributed by atoms with Gasteiger partial charge in [-0.25, -0.2) is 4.79 Å². The molecule has 0 aromatic rings. The molecule has 0 aromatic carbocycles. The fourth-order valence-corrected chi connectivity index (χ4v) is 1.73. The number of amides is 1. The van der Waals surface area contributed by atoms with Crippen LogP contribution in [0.5, 0.6) is 0 Å². The Morgan fingerprint density at radius 3 is 2.35 bits per heavy atom. The van der Waals surface area contributed by atoms with E-state index in [0.717, 1.165) is 32.1 Å². The molecular weight excluding hydrogens is 258 g/mol. The van der Waals surface area contributed by atoms with Crippen LogP contribution in [0.2, 0.25) is 0 Å². The van der Waals surface area contributed by atoms with E-state index in [1.54, 1.807) is 6.92 Å². The summed E-state index contributed by atoms with van der Waals surface area (Å²) in [6, 6.07) is 0. The highest BCUT2D eigenvalue weighted by molar-refractivity contribution is 5.69. The molecule has 1 N–H and O–H groups in total.